The maximum Gasteiger partial charge on any atom is 0.0824 e. The van der Waals surface area contributed by atoms with E-state index in [1.165, 1.54) is 5.56 Å². The van der Waals surface area contributed by atoms with Gasteiger partial charge in [0, 0.05) is 19.8 Å². The smallest absolute Gasteiger partial charge is 0.0824 e. The average molecular weight is 243 g/mol. The Balaban J connectivity index is 1.84. The highest BCUT2D eigenvalue weighted by Gasteiger charge is 2.06. The molecule has 0 radical (unpaired) electrons. The molecule has 18 heavy (non-hydrogen) atoms. The highest BCUT2D eigenvalue weighted by Crippen LogP contribution is 2.19. The van der Waals surface area contributed by atoms with Crippen molar-refractivity contribution in [2.75, 3.05) is 11.9 Å². The highest BCUT2D eigenvalue weighted by molar-refractivity contribution is 5.45. The Bertz CT molecular complexity index is 488. The molecule has 1 unspecified atom stereocenters. The predicted octanol–water partition coefficient (Wildman–Crippen LogP) is 3.33. The number of anilines is 1. The van der Waals surface area contributed by atoms with E-state index in [2.05, 4.69) is 47.7 Å². The molecule has 1 heterocycles. The second kappa shape index (κ2) is 5.71. The summed E-state index contributed by atoms with van der Waals surface area (Å²) in [7, 11) is 1.95. The van der Waals surface area contributed by atoms with Crippen LogP contribution in [0.2, 0.25) is 0 Å². The number of hydrogen-bond donors (Lipinski definition) is 1. The minimum absolute atomic E-state index is 0.579. The lowest BCUT2D eigenvalue weighted by Gasteiger charge is -2.12. The van der Waals surface area contributed by atoms with E-state index >= 15 is 0 Å². The van der Waals surface area contributed by atoms with Crippen molar-refractivity contribution in [1.29, 1.82) is 0 Å². The van der Waals surface area contributed by atoms with Crippen LogP contribution in [0.5, 0.6) is 0 Å². The zero-order chi connectivity index (χ0) is 13.0. The third-order valence-corrected chi connectivity index (χ3v) is 3.27. The van der Waals surface area contributed by atoms with Crippen LogP contribution in [-0.2, 0) is 7.05 Å². The van der Waals surface area contributed by atoms with E-state index in [9.17, 15) is 0 Å². The Morgan fingerprint density at radius 2 is 2.00 bits per heavy atom. The van der Waals surface area contributed by atoms with Gasteiger partial charge >= 0.3 is 0 Å². The van der Waals surface area contributed by atoms with Gasteiger partial charge in [-0.25, -0.2) is 0 Å². The van der Waals surface area contributed by atoms with Gasteiger partial charge in [0.15, 0.2) is 0 Å². The first kappa shape index (κ1) is 12.7. The maximum atomic E-state index is 4.32. The van der Waals surface area contributed by atoms with Crippen molar-refractivity contribution in [3.8, 4) is 0 Å². The number of hydrogen-bond acceptors (Lipinski definition) is 2. The minimum Gasteiger partial charge on any atom is -0.382 e. The summed E-state index contributed by atoms with van der Waals surface area (Å²) in [5, 5.41) is 7.77. The fourth-order valence-electron chi connectivity index (χ4n) is 2.14. The van der Waals surface area contributed by atoms with Gasteiger partial charge in [0.1, 0.15) is 0 Å². The summed E-state index contributed by atoms with van der Waals surface area (Å²) in [6.07, 6.45) is 3.15. The minimum atomic E-state index is 0.579. The van der Waals surface area contributed by atoms with Crippen molar-refractivity contribution in [1.82, 2.24) is 9.78 Å². The number of nitrogens with zero attached hydrogens (tertiary/aromatic N) is 2. The highest BCUT2D eigenvalue weighted by atomic mass is 15.3. The molecule has 3 nitrogen and oxygen atoms in total. The average Bonchev–Trinajstić information content (AvgIpc) is 2.69. The Hall–Kier alpha value is -1.77. The zero-order valence-electron chi connectivity index (χ0n) is 11.4. The van der Waals surface area contributed by atoms with Gasteiger partial charge in [0.2, 0.25) is 0 Å². The summed E-state index contributed by atoms with van der Waals surface area (Å²) < 4.78 is 1.85. The molecule has 0 amide bonds. The van der Waals surface area contributed by atoms with Crippen molar-refractivity contribution in [3.05, 3.63) is 47.8 Å². The molecule has 1 aromatic carbocycles. The van der Waals surface area contributed by atoms with E-state index in [1.54, 1.807) is 0 Å². The van der Waals surface area contributed by atoms with E-state index in [0.717, 1.165) is 24.3 Å². The van der Waals surface area contributed by atoms with Crippen LogP contribution in [0.4, 0.5) is 5.69 Å². The summed E-state index contributed by atoms with van der Waals surface area (Å²) in [5.41, 5.74) is 3.60. The lowest BCUT2D eigenvalue weighted by molar-refractivity contribution is 0.706. The van der Waals surface area contributed by atoms with Gasteiger partial charge in [-0.2, -0.15) is 5.10 Å². The molecule has 2 aromatic rings. The summed E-state index contributed by atoms with van der Waals surface area (Å²) in [6, 6.07) is 10.7. The first-order valence-electron chi connectivity index (χ1n) is 6.46. The molecule has 3 heteroatoms. The Morgan fingerprint density at radius 3 is 2.61 bits per heavy atom. The third kappa shape index (κ3) is 3.13. The number of benzene rings is 1. The second-order valence-electron chi connectivity index (χ2n) is 4.83. The molecule has 2 rings (SSSR count). The number of nitrogens with one attached hydrogen (secondary N) is 1. The van der Waals surface area contributed by atoms with E-state index in [1.807, 2.05) is 24.9 Å². The van der Waals surface area contributed by atoms with Gasteiger partial charge in [-0.1, -0.05) is 37.3 Å². The van der Waals surface area contributed by atoms with E-state index < -0.39 is 0 Å². The SMILES string of the molecule is Cc1nn(C)cc1NCCC(C)c1ccccc1. The van der Waals surface area contributed by atoms with Crippen molar-refractivity contribution in [2.24, 2.45) is 7.05 Å². The van der Waals surface area contributed by atoms with Crippen LogP contribution in [0.25, 0.3) is 0 Å². The Morgan fingerprint density at radius 1 is 1.28 bits per heavy atom. The Kier molecular flexibility index (Phi) is 4.03. The van der Waals surface area contributed by atoms with Crippen molar-refractivity contribution in [3.63, 3.8) is 0 Å². The molecule has 0 bridgehead atoms. The number of rotatable bonds is 5. The van der Waals surface area contributed by atoms with Gasteiger partial charge < -0.3 is 5.32 Å². The largest absolute Gasteiger partial charge is 0.382 e. The lowest BCUT2D eigenvalue weighted by Crippen LogP contribution is -2.06. The van der Waals surface area contributed by atoms with Crippen LogP contribution in [0.3, 0.4) is 0 Å². The van der Waals surface area contributed by atoms with E-state index in [4.69, 9.17) is 0 Å². The van der Waals surface area contributed by atoms with Crippen LogP contribution in [0, 0.1) is 6.92 Å². The lowest BCUT2D eigenvalue weighted by atomic mass is 9.98. The molecule has 0 saturated carbocycles. The van der Waals surface area contributed by atoms with Gasteiger partial charge in [-0.05, 0) is 24.8 Å². The summed E-state index contributed by atoms with van der Waals surface area (Å²) >= 11 is 0. The summed E-state index contributed by atoms with van der Waals surface area (Å²) in [4.78, 5) is 0. The topological polar surface area (TPSA) is 29.9 Å². The van der Waals surface area contributed by atoms with Crippen LogP contribution >= 0.6 is 0 Å². The maximum absolute atomic E-state index is 4.32. The van der Waals surface area contributed by atoms with Gasteiger partial charge in [0.25, 0.3) is 0 Å². The quantitative estimate of drug-likeness (QED) is 0.873. The van der Waals surface area contributed by atoms with Crippen molar-refractivity contribution >= 4 is 5.69 Å². The molecule has 0 fully saturated rings. The van der Waals surface area contributed by atoms with Crippen LogP contribution in [0.1, 0.15) is 30.5 Å². The zero-order valence-corrected chi connectivity index (χ0v) is 11.4. The molecule has 0 spiro atoms. The van der Waals surface area contributed by atoms with Crippen LogP contribution < -0.4 is 5.32 Å². The van der Waals surface area contributed by atoms with Crippen LogP contribution in [0.15, 0.2) is 36.5 Å². The van der Waals surface area contributed by atoms with Gasteiger partial charge in [-0.3, -0.25) is 4.68 Å². The van der Waals surface area contributed by atoms with Crippen molar-refractivity contribution < 1.29 is 0 Å². The summed E-state index contributed by atoms with van der Waals surface area (Å²) in [6.45, 7) is 5.28. The molecule has 0 aliphatic rings. The third-order valence-electron chi connectivity index (χ3n) is 3.27. The molecule has 1 aromatic heterocycles. The summed E-state index contributed by atoms with van der Waals surface area (Å²) in [5.74, 6) is 0.579. The fourth-order valence-corrected chi connectivity index (χ4v) is 2.14. The van der Waals surface area contributed by atoms with Gasteiger partial charge in [-0.15, -0.1) is 0 Å². The Labute approximate surface area is 109 Å². The van der Waals surface area contributed by atoms with Gasteiger partial charge in [0.05, 0.1) is 11.4 Å². The van der Waals surface area contributed by atoms with E-state index in [0.29, 0.717) is 5.92 Å². The molecule has 0 aliphatic heterocycles. The first-order valence-corrected chi connectivity index (χ1v) is 6.46. The molecule has 0 aliphatic carbocycles. The monoisotopic (exact) mass is 243 g/mol. The van der Waals surface area contributed by atoms with Crippen molar-refractivity contribution in [2.45, 2.75) is 26.2 Å². The number of aromatic nitrogens is 2. The normalized spacial score (nSPS) is 12.4. The molecule has 96 valence electrons. The molecule has 0 saturated heterocycles. The van der Waals surface area contributed by atoms with Crippen LogP contribution in [-0.4, -0.2) is 16.3 Å². The molecular weight excluding hydrogens is 222 g/mol. The standard InChI is InChI=1S/C15H21N3/c1-12(14-7-5-4-6-8-14)9-10-16-15-11-18(3)17-13(15)2/h4-8,11-12,16H,9-10H2,1-3H3. The number of aryl methyl sites for hydroxylation is 2. The first-order chi connectivity index (χ1) is 8.66. The molecular formula is C15H21N3. The second-order valence-corrected chi connectivity index (χ2v) is 4.83. The fraction of sp³-hybridized carbons (Fsp3) is 0.400. The molecule has 1 atom stereocenters. The predicted molar refractivity (Wildman–Crippen MR) is 75.9 cm³/mol. The molecule has 1 N–H and O–H groups in total. The van der Waals surface area contributed by atoms with E-state index in [-0.39, 0.29) is 0 Å².